The molecule has 2 heterocycles. The van der Waals surface area contributed by atoms with Gasteiger partial charge in [0.1, 0.15) is 11.5 Å². The van der Waals surface area contributed by atoms with Gasteiger partial charge in [-0.2, -0.15) is 0 Å². The molecule has 2 aliphatic rings. The summed E-state index contributed by atoms with van der Waals surface area (Å²) >= 11 is 0. The number of amides is 1. The number of benzene rings is 1. The van der Waals surface area contributed by atoms with E-state index in [1.54, 1.807) is 0 Å². The van der Waals surface area contributed by atoms with Crippen LogP contribution >= 0.6 is 0 Å². The molecule has 0 radical (unpaired) electrons. The molecule has 1 aromatic carbocycles. The summed E-state index contributed by atoms with van der Waals surface area (Å²) in [7, 11) is 0. The van der Waals surface area contributed by atoms with Crippen molar-refractivity contribution < 1.29 is 4.79 Å². The molecule has 1 amide bonds. The summed E-state index contributed by atoms with van der Waals surface area (Å²) in [6.07, 6.45) is 9.25. The van der Waals surface area contributed by atoms with Crippen molar-refractivity contribution in [3.8, 4) is 11.4 Å². The van der Waals surface area contributed by atoms with Crippen LogP contribution in [0.4, 0.5) is 0 Å². The Hall–Kier alpha value is -2.10. The second-order valence-electron chi connectivity index (χ2n) is 8.40. The van der Waals surface area contributed by atoms with Crippen LogP contribution in [0.5, 0.6) is 0 Å². The first-order valence-electron chi connectivity index (χ1n) is 10.6. The largest absolute Gasteiger partial charge is 0.348 e. The van der Waals surface area contributed by atoms with E-state index in [4.69, 9.17) is 4.98 Å². The van der Waals surface area contributed by atoms with E-state index in [2.05, 4.69) is 48.0 Å². The minimum Gasteiger partial charge on any atom is -0.348 e. The summed E-state index contributed by atoms with van der Waals surface area (Å²) in [5.74, 6) is 1.53. The third kappa shape index (κ3) is 3.80. The zero-order valence-electron chi connectivity index (χ0n) is 16.6. The van der Waals surface area contributed by atoms with Crippen LogP contribution in [-0.2, 0) is 13.0 Å². The lowest BCUT2D eigenvalue weighted by Gasteiger charge is -2.29. The SMILES string of the molecule is Cc1ccc(-c2nc(C(=O)N[C@H]3CCCC[C@@H]3C)c3n2CCCCC3)cc1. The molecule has 4 nitrogen and oxygen atoms in total. The monoisotopic (exact) mass is 365 g/mol. The van der Waals surface area contributed by atoms with Gasteiger partial charge in [0.2, 0.25) is 0 Å². The average molecular weight is 366 g/mol. The maximum atomic E-state index is 13.2. The highest BCUT2D eigenvalue weighted by Crippen LogP contribution is 2.29. The van der Waals surface area contributed by atoms with Gasteiger partial charge in [0.25, 0.3) is 5.91 Å². The zero-order chi connectivity index (χ0) is 18.8. The van der Waals surface area contributed by atoms with Gasteiger partial charge in [-0.15, -0.1) is 0 Å². The number of hydrogen-bond donors (Lipinski definition) is 1. The second-order valence-corrected chi connectivity index (χ2v) is 8.40. The Morgan fingerprint density at radius 3 is 2.63 bits per heavy atom. The third-order valence-electron chi connectivity index (χ3n) is 6.32. The molecule has 1 saturated carbocycles. The van der Waals surface area contributed by atoms with E-state index in [-0.39, 0.29) is 11.9 Å². The van der Waals surface area contributed by atoms with Crippen LogP contribution < -0.4 is 5.32 Å². The smallest absolute Gasteiger partial charge is 0.272 e. The molecular weight excluding hydrogens is 334 g/mol. The first-order chi connectivity index (χ1) is 13.1. The summed E-state index contributed by atoms with van der Waals surface area (Å²) in [6, 6.07) is 8.78. The van der Waals surface area contributed by atoms with Crippen LogP contribution in [0.1, 0.15) is 73.6 Å². The second kappa shape index (κ2) is 7.87. The molecule has 0 spiro atoms. The van der Waals surface area contributed by atoms with E-state index in [0.29, 0.717) is 11.6 Å². The lowest BCUT2D eigenvalue weighted by atomic mass is 9.86. The number of carbonyl (C=O) groups is 1. The Kier molecular flexibility index (Phi) is 5.33. The summed E-state index contributed by atoms with van der Waals surface area (Å²) in [4.78, 5) is 18.0. The number of imidazole rings is 1. The number of carbonyl (C=O) groups excluding carboxylic acids is 1. The number of aryl methyl sites for hydroxylation is 1. The Morgan fingerprint density at radius 2 is 1.85 bits per heavy atom. The van der Waals surface area contributed by atoms with Crippen molar-refractivity contribution in [2.24, 2.45) is 5.92 Å². The first-order valence-corrected chi connectivity index (χ1v) is 10.6. The molecule has 27 heavy (non-hydrogen) atoms. The van der Waals surface area contributed by atoms with Crippen molar-refractivity contribution in [2.75, 3.05) is 0 Å². The molecule has 0 saturated heterocycles. The predicted molar refractivity (Wildman–Crippen MR) is 109 cm³/mol. The molecule has 1 aliphatic heterocycles. The molecule has 4 rings (SSSR count). The lowest BCUT2D eigenvalue weighted by Crippen LogP contribution is -2.41. The fraction of sp³-hybridized carbons (Fsp3) is 0.565. The Morgan fingerprint density at radius 1 is 1.07 bits per heavy atom. The van der Waals surface area contributed by atoms with Crippen molar-refractivity contribution in [3.63, 3.8) is 0 Å². The first kappa shape index (κ1) is 18.3. The van der Waals surface area contributed by atoms with Crippen LogP contribution in [0.2, 0.25) is 0 Å². The summed E-state index contributed by atoms with van der Waals surface area (Å²) in [5, 5.41) is 3.31. The fourth-order valence-electron chi connectivity index (χ4n) is 4.59. The van der Waals surface area contributed by atoms with Crippen LogP contribution in [0.3, 0.4) is 0 Å². The highest BCUT2D eigenvalue weighted by Gasteiger charge is 2.28. The van der Waals surface area contributed by atoms with Gasteiger partial charge in [-0.1, -0.05) is 56.0 Å². The minimum absolute atomic E-state index is 0.0257. The van der Waals surface area contributed by atoms with Crippen molar-refractivity contribution in [3.05, 3.63) is 41.2 Å². The van der Waals surface area contributed by atoms with Crippen molar-refractivity contribution in [1.82, 2.24) is 14.9 Å². The van der Waals surface area contributed by atoms with E-state index in [9.17, 15) is 4.79 Å². The number of rotatable bonds is 3. The molecule has 1 N–H and O–H groups in total. The molecule has 4 heteroatoms. The van der Waals surface area contributed by atoms with E-state index in [1.165, 1.54) is 31.2 Å². The Bertz CT molecular complexity index is 806. The predicted octanol–water partition coefficient (Wildman–Crippen LogP) is 4.89. The standard InChI is InChI=1S/C23H31N3O/c1-16-11-13-18(14-12-16)22-25-21(20-10-4-3-7-15-26(20)22)23(27)24-19-9-6-5-8-17(19)2/h11-14,17,19H,3-10,15H2,1-2H3,(H,24,27)/t17-,19-/m0/s1. The quantitative estimate of drug-likeness (QED) is 0.841. The van der Waals surface area contributed by atoms with Gasteiger partial charge in [0.15, 0.2) is 0 Å². The molecule has 2 aromatic rings. The Balaban J connectivity index is 1.67. The highest BCUT2D eigenvalue weighted by molar-refractivity contribution is 5.94. The molecular formula is C23H31N3O. The molecule has 144 valence electrons. The number of nitrogens with zero attached hydrogens (tertiary/aromatic N) is 2. The van der Waals surface area contributed by atoms with E-state index in [1.807, 2.05) is 0 Å². The van der Waals surface area contributed by atoms with Crippen molar-refractivity contribution in [1.29, 1.82) is 0 Å². The average Bonchev–Trinajstić information content (AvgIpc) is 2.86. The summed E-state index contributed by atoms with van der Waals surface area (Å²) < 4.78 is 2.30. The van der Waals surface area contributed by atoms with Gasteiger partial charge in [0, 0.05) is 18.2 Å². The van der Waals surface area contributed by atoms with E-state index >= 15 is 0 Å². The van der Waals surface area contributed by atoms with Crippen LogP contribution in [-0.4, -0.2) is 21.5 Å². The Labute approximate surface area is 162 Å². The summed E-state index contributed by atoms with van der Waals surface area (Å²) in [5.41, 5.74) is 4.13. The molecule has 1 aliphatic carbocycles. The topological polar surface area (TPSA) is 46.9 Å². The lowest BCUT2D eigenvalue weighted by molar-refractivity contribution is 0.0904. The van der Waals surface area contributed by atoms with E-state index < -0.39 is 0 Å². The van der Waals surface area contributed by atoms with Gasteiger partial charge in [0.05, 0.1) is 5.69 Å². The molecule has 0 bridgehead atoms. The van der Waals surface area contributed by atoms with Crippen LogP contribution in [0, 0.1) is 12.8 Å². The fourth-order valence-corrected chi connectivity index (χ4v) is 4.59. The van der Waals surface area contributed by atoms with Gasteiger partial charge in [-0.05, 0) is 44.9 Å². The molecule has 0 unspecified atom stereocenters. The molecule has 2 atom stereocenters. The minimum atomic E-state index is 0.0257. The molecule has 1 aromatic heterocycles. The third-order valence-corrected chi connectivity index (χ3v) is 6.32. The molecule has 1 fully saturated rings. The normalized spacial score (nSPS) is 22.7. The van der Waals surface area contributed by atoms with Gasteiger partial charge in [-0.3, -0.25) is 4.79 Å². The maximum Gasteiger partial charge on any atom is 0.272 e. The van der Waals surface area contributed by atoms with Crippen molar-refractivity contribution in [2.45, 2.75) is 77.8 Å². The number of fused-ring (bicyclic) bond motifs is 1. The number of aromatic nitrogens is 2. The number of hydrogen-bond acceptors (Lipinski definition) is 2. The summed E-state index contributed by atoms with van der Waals surface area (Å²) in [6.45, 7) is 5.31. The van der Waals surface area contributed by atoms with Gasteiger partial charge >= 0.3 is 0 Å². The highest BCUT2D eigenvalue weighted by atomic mass is 16.2. The zero-order valence-corrected chi connectivity index (χ0v) is 16.6. The van der Waals surface area contributed by atoms with Gasteiger partial charge in [-0.25, -0.2) is 4.98 Å². The number of nitrogens with one attached hydrogen (secondary N) is 1. The van der Waals surface area contributed by atoms with Crippen molar-refractivity contribution >= 4 is 5.91 Å². The van der Waals surface area contributed by atoms with Crippen LogP contribution in [0.15, 0.2) is 24.3 Å². The van der Waals surface area contributed by atoms with Crippen LogP contribution in [0.25, 0.3) is 11.4 Å². The maximum absolute atomic E-state index is 13.2. The van der Waals surface area contributed by atoms with E-state index in [0.717, 1.165) is 49.3 Å². The van der Waals surface area contributed by atoms with Gasteiger partial charge < -0.3 is 9.88 Å².